The van der Waals surface area contributed by atoms with Crippen LogP contribution in [0.2, 0.25) is 0 Å². The van der Waals surface area contributed by atoms with Gasteiger partial charge in [0.2, 0.25) is 0 Å². The molecule has 0 saturated heterocycles. The molecule has 82 valence electrons. The molecule has 1 rings (SSSR count). The number of carbonyl (C=O) groups excluding carboxylic acids is 1. The van der Waals surface area contributed by atoms with Crippen LogP contribution in [0.1, 0.15) is 28.4 Å². The third-order valence-electron chi connectivity index (χ3n) is 2.24. The predicted molar refractivity (Wildman–Crippen MR) is 58.4 cm³/mol. The number of benzene rings is 1. The van der Waals surface area contributed by atoms with Gasteiger partial charge in [0.25, 0.3) is 0 Å². The van der Waals surface area contributed by atoms with Gasteiger partial charge in [0.1, 0.15) is 5.75 Å². The van der Waals surface area contributed by atoms with E-state index in [4.69, 9.17) is 9.47 Å². The van der Waals surface area contributed by atoms with Crippen LogP contribution in [-0.4, -0.2) is 19.7 Å². The van der Waals surface area contributed by atoms with E-state index in [0.717, 1.165) is 11.1 Å². The van der Waals surface area contributed by atoms with E-state index >= 15 is 0 Å². The molecular weight excluding hydrogens is 192 g/mol. The molecule has 0 aliphatic carbocycles. The van der Waals surface area contributed by atoms with Crippen molar-refractivity contribution < 1.29 is 14.3 Å². The van der Waals surface area contributed by atoms with Gasteiger partial charge in [-0.05, 0) is 38.0 Å². The van der Waals surface area contributed by atoms with Gasteiger partial charge in [0.05, 0.1) is 19.3 Å². The lowest BCUT2D eigenvalue weighted by atomic mass is 10.0. The summed E-state index contributed by atoms with van der Waals surface area (Å²) in [5.74, 6) is 0.414. The van der Waals surface area contributed by atoms with E-state index in [1.54, 1.807) is 20.1 Å². The molecule has 3 heteroatoms. The van der Waals surface area contributed by atoms with E-state index in [1.165, 1.54) is 0 Å². The van der Waals surface area contributed by atoms with Crippen molar-refractivity contribution >= 4 is 5.97 Å². The lowest BCUT2D eigenvalue weighted by Crippen LogP contribution is -2.07. The molecule has 1 aromatic rings. The molecule has 15 heavy (non-hydrogen) atoms. The minimum absolute atomic E-state index is 0.298. The second-order valence-corrected chi connectivity index (χ2v) is 3.36. The lowest BCUT2D eigenvalue weighted by Gasteiger charge is -2.10. The summed E-state index contributed by atoms with van der Waals surface area (Å²) in [6, 6.07) is 3.65. The highest BCUT2D eigenvalue weighted by atomic mass is 16.5. The van der Waals surface area contributed by atoms with Gasteiger partial charge in [-0.1, -0.05) is 6.07 Å². The van der Waals surface area contributed by atoms with E-state index in [0.29, 0.717) is 17.9 Å². The monoisotopic (exact) mass is 208 g/mol. The number of carbonyl (C=O) groups is 1. The molecule has 0 radical (unpaired) electrons. The first-order valence-electron chi connectivity index (χ1n) is 4.92. The lowest BCUT2D eigenvalue weighted by molar-refractivity contribution is 0.0525. The van der Waals surface area contributed by atoms with Gasteiger partial charge < -0.3 is 9.47 Å². The van der Waals surface area contributed by atoms with Crippen LogP contribution in [0.15, 0.2) is 12.1 Å². The van der Waals surface area contributed by atoms with Crippen LogP contribution >= 0.6 is 0 Å². The Kier molecular flexibility index (Phi) is 3.72. The quantitative estimate of drug-likeness (QED) is 0.716. The Labute approximate surface area is 90.0 Å². The first kappa shape index (κ1) is 11.6. The smallest absolute Gasteiger partial charge is 0.338 e. The molecule has 3 nitrogen and oxygen atoms in total. The van der Waals surface area contributed by atoms with Gasteiger partial charge >= 0.3 is 5.97 Å². The Morgan fingerprint density at radius 1 is 1.27 bits per heavy atom. The molecule has 0 unspecified atom stereocenters. The highest BCUT2D eigenvalue weighted by Crippen LogP contribution is 2.23. The number of aryl methyl sites for hydroxylation is 2. The van der Waals surface area contributed by atoms with Crippen molar-refractivity contribution in [1.82, 2.24) is 0 Å². The summed E-state index contributed by atoms with van der Waals surface area (Å²) < 4.78 is 10.1. The fraction of sp³-hybridized carbons (Fsp3) is 0.417. The molecule has 0 aromatic heterocycles. The van der Waals surface area contributed by atoms with Crippen LogP contribution in [0.3, 0.4) is 0 Å². The van der Waals surface area contributed by atoms with Gasteiger partial charge in [0.15, 0.2) is 0 Å². The van der Waals surface area contributed by atoms with Crippen molar-refractivity contribution in [2.75, 3.05) is 13.7 Å². The third kappa shape index (κ3) is 2.49. The molecule has 0 amide bonds. The predicted octanol–water partition coefficient (Wildman–Crippen LogP) is 2.49. The van der Waals surface area contributed by atoms with Gasteiger partial charge in [-0.25, -0.2) is 4.79 Å². The van der Waals surface area contributed by atoms with Crippen molar-refractivity contribution in [3.05, 3.63) is 28.8 Å². The van der Waals surface area contributed by atoms with E-state index in [9.17, 15) is 4.79 Å². The largest absolute Gasteiger partial charge is 0.496 e. The molecule has 0 N–H and O–H groups in total. The third-order valence-corrected chi connectivity index (χ3v) is 2.24. The molecule has 0 aliphatic rings. The van der Waals surface area contributed by atoms with Crippen LogP contribution in [0, 0.1) is 13.8 Å². The molecule has 0 saturated carbocycles. The summed E-state index contributed by atoms with van der Waals surface area (Å²) in [5, 5.41) is 0. The highest BCUT2D eigenvalue weighted by molar-refractivity contribution is 5.91. The fourth-order valence-electron chi connectivity index (χ4n) is 1.48. The zero-order valence-corrected chi connectivity index (χ0v) is 9.59. The van der Waals surface area contributed by atoms with Gasteiger partial charge in [-0.15, -0.1) is 0 Å². The van der Waals surface area contributed by atoms with E-state index < -0.39 is 0 Å². The summed E-state index contributed by atoms with van der Waals surface area (Å²) in [6.07, 6.45) is 0. The zero-order chi connectivity index (χ0) is 11.4. The van der Waals surface area contributed by atoms with Crippen LogP contribution < -0.4 is 4.74 Å². The minimum atomic E-state index is -0.298. The first-order chi connectivity index (χ1) is 7.10. The summed E-state index contributed by atoms with van der Waals surface area (Å²) in [7, 11) is 1.59. The second kappa shape index (κ2) is 4.82. The molecule has 0 fully saturated rings. The van der Waals surface area contributed by atoms with Crippen molar-refractivity contribution in [1.29, 1.82) is 0 Å². The molecule has 1 aromatic carbocycles. The maximum Gasteiger partial charge on any atom is 0.338 e. The van der Waals surface area contributed by atoms with E-state index in [-0.39, 0.29) is 5.97 Å². The Hall–Kier alpha value is -1.51. The molecule has 0 bridgehead atoms. The van der Waals surface area contributed by atoms with Crippen molar-refractivity contribution in [3.8, 4) is 5.75 Å². The molecule has 0 spiro atoms. The molecule has 0 atom stereocenters. The van der Waals surface area contributed by atoms with Crippen LogP contribution in [0.5, 0.6) is 5.75 Å². The van der Waals surface area contributed by atoms with E-state index in [1.807, 2.05) is 19.9 Å². The Bertz CT molecular complexity index is 369. The number of ether oxygens (including phenoxy) is 2. The average molecular weight is 208 g/mol. The number of methoxy groups -OCH3 is 1. The SMILES string of the molecule is CCOC(=O)c1cc(OC)c(C)cc1C. The minimum Gasteiger partial charge on any atom is -0.496 e. The van der Waals surface area contributed by atoms with Crippen LogP contribution in [0.25, 0.3) is 0 Å². The van der Waals surface area contributed by atoms with E-state index in [2.05, 4.69) is 0 Å². The van der Waals surface area contributed by atoms with Crippen molar-refractivity contribution in [2.45, 2.75) is 20.8 Å². The van der Waals surface area contributed by atoms with Gasteiger partial charge in [-0.3, -0.25) is 0 Å². The average Bonchev–Trinajstić information content (AvgIpc) is 2.18. The van der Waals surface area contributed by atoms with Gasteiger partial charge in [0, 0.05) is 0 Å². The van der Waals surface area contributed by atoms with Crippen molar-refractivity contribution in [3.63, 3.8) is 0 Å². The molecule has 0 heterocycles. The standard InChI is InChI=1S/C12H16O3/c1-5-15-12(13)10-7-11(14-4)9(3)6-8(10)2/h6-7H,5H2,1-4H3. The zero-order valence-electron chi connectivity index (χ0n) is 9.59. The Morgan fingerprint density at radius 3 is 2.47 bits per heavy atom. The topological polar surface area (TPSA) is 35.5 Å². The summed E-state index contributed by atoms with van der Waals surface area (Å²) in [5.41, 5.74) is 2.49. The van der Waals surface area contributed by atoms with Gasteiger partial charge in [-0.2, -0.15) is 0 Å². The molecular formula is C12H16O3. The van der Waals surface area contributed by atoms with Crippen LogP contribution in [-0.2, 0) is 4.74 Å². The number of hydrogen-bond acceptors (Lipinski definition) is 3. The first-order valence-corrected chi connectivity index (χ1v) is 4.92. The Morgan fingerprint density at radius 2 is 1.93 bits per heavy atom. The normalized spacial score (nSPS) is 9.87. The number of esters is 1. The number of rotatable bonds is 3. The summed E-state index contributed by atoms with van der Waals surface area (Å²) >= 11 is 0. The molecule has 0 aliphatic heterocycles. The highest BCUT2D eigenvalue weighted by Gasteiger charge is 2.12. The Balaban J connectivity index is 3.12. The van der Waals surface area contributed by atoms with Crippen LogP contribution in [0.4, 0.5) is 0 Å². The van der Waals surface area contributed by atoms with Crippen molar-refractivity contribution in [2.24, 2.45) is 0 Å². The summed E-state index contributed by atoms with van der Waals surface area (Å²) in [6.45, 7) is 6.01. The summed E-state index contributed by atoms with van der Waals surface area (Å²) in [4.78, 5) is 11.6. The fourth-order valence-corrected chi connectivity index (χ4v) is 1.48. The second-order valence-electron chi connectivity index (χ2n) is 3.36. The number of hydrogen-bond donors (Lipinski definition) is 0. The maximum absolute atomic E-state index is 11.6. The maximum atomic E-state index is 11.6.